The lowest BCUT2D eigenvalue weighted by Gasteiger charge is -2.43. The highest BCUT2D eigenvalue weighted by Gasteiger charge is 2.37. The van der Waals surface area contributed by atoms with Crippen LogP contribution in [0.15, 0.2) is 78.9 Å². The van der Waals surface area contributed by atoms with E-state index in [1.54, 1.807) is 11.8 Å². The van der Waals surface area contributed by atoms with Gasteiger partial charge < -0.3 is 15.1 Å². The zero-order valence-corrected chi connectivity index (χ0v) is 25.7. The molecule has 0 aromatic heterocycles. The van der Waals surface area contributed by atoms with E-state index in [2.05, 4.69) is 34.3 Å². The zero-order valence-electron chi connectivity index (χ0n) is 24.2. The number of nitrogens with zero attached hydrogens (tertiary/aromatic N) is 3. The molecular formula is C33H40Cl2N4O2. The standard InChI is InChI=1S/C33H40Cl2N4O2/c1-25(40)36-33(28-12-8-5-9-13-28)16-18-39(19-17-33)21-20-37(2)31(27-14-15-29(34)30(35)23-27)24-38(3)32(41)22-26-10-6-4-7-11-26/h4-15,23,31H,16-22,24H2,1-3H3,(H,36,40). The summed E-state index contributed by atoms with van der Waals surface area (Å²) in [7, 11) is 3.96. The molecule has 1 fully saturated rings. The molecule has 6 nitrogen and oxygen atoms in total. The monoisotopic (exact) mass is 594 g/mol. The van der Waals surface area contributed by atoms with Crippen molar-refractivity contribution in [3.05, 3.63) is 106 Å². The summed E-state index contributed by atoms with van der Waals surface area (Å²) in [6.45, 7) is 5.58. The maximum Gasteiger partial charge on any atom is 0.226 e. The van der Waals surface area contributed by atoms with Crippen LogP contribution in [0.5, 0.6) is 0 Å². The highest BCUT2D eigenvalue weighted by atomic mass is 35.5. The van der Waals surface area contributed by atoms with E-state index < -0.39 is 0 Å². The van der Waals surface area contributed by atoms with Crippen LogP contribution in [0.2, 0.25) is 10.0 Å². The number of carbonyl (C=O) groups is 2. The lowest BCUT2D eigenvalue weighted by molar-refractivity contribution is -0.130. The third-order valence-electron chi connectivity index (χ3n) is 8.15. The lowest BCUT2D eigenvalue weighted by Crippen LogP contribution is -2.53. The van der Waals surface area contributed by atoms with Gasteiger partial charge in [0.15, 0.2) is 0 Å². The number of hydrogen-bond donors (Lipinski definition) is 1. The normalized spacial score (nSPS) is 15.9. The fourth-order valence-corrected chi connectivity index (χ4v) is 5.99. The van der Waals surface area contributed by atoms with Gasteiger partial charge in [-0.15, -0.1) is 0 Å². The molecule has 3 aromatic rings. The highest BCUT2D eigenvalue weighted by Crippen LogP contribution is 2.33. The van der Waals surface area contributed by atoms with Crippen LogP contribution < -0.4 is 5.32 Å². The first-order valence-corrected chi connectivity index (χ1v) is 14.9. The predicted molar refractivity (Wildman–Crippen MR) is 167 cm³/mol. The topological polar surface area (TPSA) is 55.9 Å². The Hall–Kier alpha value is -2.90. The summed E-state index contributed by atoms with van der Waals surface area (Å²) in [4.78, 5) is 31.8. The molecule has 2 amide bonds. The van der Waals surface area contributed by atoms with Gasteiger partial charge in [0.05, 0.1) is 28.0 Å². The molecule has 0 saturated carbocycles. The van der Waals surface area contributed by atoms with Crippen molar-refractivity contribution in [1.82, 2.24) is 20.0 Å². The van der Waals surface area contributed by atoms with E-state index in [4.69, 9.17) is 23.2 Å². The van der Waals surface area contributed by atoms with Crippen LogP contribution in [0.1, 0.15) is 42.5 Å². The van der Waals surface area contributed by atoms with Crippen molar-refractivity contribution in [1.29, 1.82) is 0 Å². The van der Waals surface area contributed by atoms with E-state index >= 15 is 0 Å². The van der Waals surface area contributed by atoms with Crippen molar-refractivity contribution in [2.45, 2.75) is 37.8 Å². The van der Waals surface area contributed by atoms with Crippen LogP contribution in [0.3, 0.4) is 0 Å². The minimum Gasteiger partial charge on any atom is -0.347 e. The number of likely N-dealkylation sites (N-methyl/N-ethyl adjacent to an activating group) is 2. The lowest BCUT2D eigenvalue weighted by atomic mass is 9.80. The average molecular weight is 596 g/mol. The second-order valence-electron chi connectivity index (χ2n) is 11.1. The fourth-order valence-electron chi connectivity index (χ4n) is 5.68. The van der Waals surface area contributed by atoms with Crippen molar-refractivity contribution >= 4 is 35.0 Å². The number of nitrogens with one attached hydrogen (secondary N) is 1. The number of benzene rings is 3. The summed E-state index contributed by atoms with van der Waals surface area (Å²) in [5, 5.41) is 4.28. The molecule has 218 valence electrons. The van der Waals surface area contributed by atoms with Crippen LogP contribution in [0.4, 0.5) is 0 Å². The van der Waals surface area contributed by atoms with Gasteiger partial charge in [0.1, 0.15) is 0 Å². The molecular weight excluding hydrogens is 555 g/mol. The summed E-state index contributed by atoms with van der Waals surface area (Å²) in [6.07, 6.45) is 2.07. The molecule has 1 aliphatic heterocycles. The average Bonchev–Trinajstić information content (AvgIpc) is 2.97. The van der Waals surface area contributed by atoms with Gasteiger partial charge in [0, 0.05) is 46.7 Å². The van der Waals surface area contributed by atoms with Crippen LogP contribution in [-0.2, 0) is 21.5 Å². The Labute approximate surface area is 254 Å². The van der Waals surface area contributed by atoms with Gasteiger partial charge in [0.25, 0.3) is 0 Å². The van der Waals surface area contributed by atoms with E-state index in [1.807, 2.05) is 73.8 Å². The second-order valence-corrected chi connectivity index (χ2v) is 11.9. The van der Waals surface area contributed by atoms with Crippen molar-refractivity contribution in [2.24, 2.45) is 0 Å². The SMILES string of the molecule is CC(=O)NC1(c2ccccc2)CCN(CCN(C)C(CN(C)C(=O)Cc2ccccc2)c2ccc(Cl)c(Cl)c2)CC1. The Morgan fingerprint density at radius 1 is 0.927 bits per heavy atom. The highest BCUT2D eigenvalue weighted by molar-refractivity contribution is 6.42. The molecule has 4 rings (SSSR count). The predicted octanol–water partition coefficient (Wildman–Crippen LogP) is 5.79. The van der Waals surface area contributed by atoms with Crippen LogP contribution in [0, 0.1) is 0 Å². The largest absolute Gasteiger partial charge is 0.347 e. The number of rotatable bonds is 11. The molecule has 41 heavy (non-hydrogen) atoms. The zero-order chi connectivity index (χ0) is 29.4. The van der Waals surface area contributed by atoms with E-state index in [0.717, 1.165) is 55.7 Å². The van der Waals surface area contributed by atoms with Crippen molar-refractivity contribution in [3.8, 4) is 0 Å². The molecule has 1 unspecified atom stereocenters. The quantitative estimate of drug-likeness (QED) is 0.305. The maximum atomic E-state index is 13.1. The summed E-state index contributed by atoms with van der Waals surface area (Å²) in [6, 6.07) is 25.8. The Morgan fingerprint density at radius 2 is 1.56 bits per heavy atom. The summed E-state index contributed by atoms with van der Waals surface area (Å²) >= 11 is 12.6. The number of hydrogen-bond acceptors (Lipinski definition) is 4. The molecule has 8 heteroatoms. The molecule has 0 bridgehead atoms. The molecule has 0 aliphatic carbocycles. The number of carbonyl (C=O) groups excluding carboxylic acids is 2. The number of amides is 2. The van der Waals surface area contributed by atoms with Crippen LogP contribution in [-0.4, -0.2) is 73.3 Å². The fraction of sp³-hybridized carbons (Fsp3) is 0.394. The van der Waals surface area contributed by atoms with E-state index in [9.17, 15) is 9.59 Å². The van der Waals surface area contributed by atoms with Crippen LogP contribution in [0.25, 0.3) is 0 Å². The van der Waals surface area contributed by atoms with Crippen molar-refractivity contribution < 1.29 is 9.59 Å². The Bertz CT molecular complexity index is 1300. The molecule has 0 radical (unpaired) electrons. The molecule has 1 N–H and O–H groups in total. The van der Waals surface area contributed by atoms with Crippen LogP contribution >= 0.6 is 23.2 Å². The summed E-state index contributed by atoms with van der Waals surface area (Å²) in [5.41, 5.74) is 2.85. The maximum absolute atomic E-state index is 13.1. The van der Waals surface area contributed by atoms with Gasteiger partial charge in [-0.05, 0) is 48.7 Å². The van der Waals surface area contributed by atoms with Gasteiger partial charge in [-0.25, -0.2) is 0 Å². The molecule has 1 atom stereocenters. The van der Waals surface area contributed by atoms with Gasteiger partial charge in [0.2, 0.25) is 11.8 Å². The number of halogens is 2. The van der Waals surface area contributed by atoms with Gasteiger partial charge in [-0.2, -0.15) is 0 Å². The number of piperidine rings is 1. The molecule has 3 aromatic carbocycles. The minimum absolute atomic E-state index is 0.00238. The Morgan fingerprint density at radius 3 is 2.17 bits per heavy atom. The van der Waals surface area contributed by atoms with E-state index in [1.165, 1.54) is 0 Å². The minimum atomic E-state index is -0.333. The summed E-state index contributed by atoms with van der Waals surface area (Å²) in [5.74, 6) is 0.0679. The molecule has 1 saturated heterocycles. The summed E-state index contributed by atoms with van der Waals surface area (Å²) < 4.78 is 0. The number of likely N-dealkylation sites (tertiary alicyclic amines) is 1. The van der Waals surface area contributed by atoms with Gasteiger partial charge in [-0.1, -0.05) is 89.9 Å². The van der Waals surface area contributed by atoms with E-state index in [0.29, 0.717) is 23.0 Å². The molecule has 1 aliphatic rings. The first kappa shape index (κ1) is 31.0. The third-order valence-corrected chi connectivity index (χ3v) is 8.89. The van der Waals surface area contributed by atoms with Gasteiger partial charge >= 0.3 is 0 Å². The third kappa shape index (κ3) is 8.32. The first-order chi connectivity index (χ1) is 19.7. The first-order valence-electron chi connectivity index (χ1n) is 14.2. The second kappa shape index (κ2) is 14.3. The smallest absolute Gasteiger partial charge is 0.226 e. The van der Waals surface area contributed by atoms with Crippen molar-refractivity contribution in [3.63, 3.8) is 0 Å². The molecule has 0 spiro atoms. The molecule has 1 heterocycles. The van der Waals surface area contributed by atoms with E-state index in [-0.39, 0.29) is 23.4 Å². The van der Waals surface area contributed by atoms with Crippen molar-refractivity contribution in [2.75, 3.05) is 46.8 Å². The Balaban J connectivity index is 1.41. The van der Waals surface area contributed by atoms with Gasteiger partial charge in [-0.3, -0.25) is 14.5 Å². The Kier molecular flexibility index (Phi) is 10.8.